The Labute approximate surface area is 121 Å². The third-order valence-electron chi connectivity index (χ3n) is 2.83. The van der Waals surface area contributed by atoms with Crippen molar-refractivity contribution in [3.8, 4) is 0 Å². The van der Waals surface area contributed by atoms with Crippen LogP contribution in [0.1, 0.15) is 5.56 Å². The molecule has 2 aromatic rings. The van der Waals surface area contributed by atoms with Crippen LogP contribution in [0.25, 0.3) is 0 Å². The predicted octanol–water partition coefficient (Wildman–Crippen LogP) is 2.13. The van der Waals surface area contributed by atoms with Gasteiger partial charge in [-0.25, -0.2) is 8.78 Å². The quantitative estimate of drug-likeness (QED) is 0.802. The van der Waals surface area contributed by atoms with Crippen molar-refractivity contribution in [3.63, 3.8) is 0 Å². The first-order chi connectivity index (χ1) is 10.2. The number of amides is 1. The van der Waals surface area contributed by atoms with Gasteiger partial charge in [0.2, 0.25) is 5.91 Å². The second-order valence-corrected chi connectivity index (χ2v) is 4.43. The number of carbonyl (C=O) groups is 1. The number of anilines is 1. The molecule has 1 aromatic carbocycles. The Bertz CT molecular complexity index is 585. The topological polar surface area (TPSA) is 54.0 Å². The van der Waals surface area contributed by atoms with Crippen LogP contribution in [-0.2, 0) is 11.2 Å². The third-order valence-corrected chi connectivity index (χ3v) is 2.83. The molecule has 2 N–H and O–H groups in total. The first-order valence-corrected chi connectivity index (χ1v) is 6.50. The second-order valence-electron chi connectivity index (χ2n) is 4.43. The van der Waals surface area contributed by atoms with E-state index in [1.54, 1.807) is 12.4 Å². The zero-order valence-corrected chi connectivity index (χ0v) is 11.3. The molecular weight excluding hydrogens is 276 g/mol. The minimum atomic E-state index is -0.793. The number of hydrogen-bond donors (Lipinski definition) is 2. The molecule has 0 unspecified atom stereocenters. The van der Waals surface area contributed by atoms with Gasteiger partial charge in [-0.2, -0.15) is 0 Å². The highest BCUT2D eigenvalue weighted by Crippen LogP contribution is 2.17. The van der Waals surface area contributed by atoms with Crippen LogP contribution < -0.4 is 10.6 Å². The molecule has 0 atom stereocenters. The zero-order chi connectivity index (χ0) is 15.1. The monoisotopic (exact) mass is 291 g/mol. The van der Waals surface area contributed by atoms with E-state index in [2.05, 4.69) is 15.6 Å². The molecule has 21 heavy (non-hydrogen) atoms. The number of para-hydroxylation sites is 1. The number of hydrogen-bond acceptors (Lipinski definition) is 3. The fourth-order valence-corrected chi connectivity index (χ4v) is 1.78. The Morgan fingerprint density at radius 1 is 1.14 bits per heavy atom. The van der Waals surface area contributed by atoms with Crippen molar-refractivity contribution in [3.05, 3.63) is 59.9 Å². The maximum atomic E-state index is 13.3. The SMILES string of the molecule is O=C(CNCCc1cccnc1)Nc1c(F)cccc1F. The van der Waals surface area contributed by atoms with Gasteiger partial charge in [0.1, 0.15) is 17.3 Å². The number of halogens is 2. The van der Waals surface area contributed by atoms with Crippen molar-refractivity contribution in [2.24, 2.45) is 0 Å². The van der Waals surface area contributed by atoms with Gasteiger partial charge in [-0.1, -0.05) is 12.1 Å². The minimum Gasteiger partial charge on any atom is -0.320 e. The molecule has 0 bridgehead atoms. The molecule has 110 valence electrons. The smallest absolute Gasteiger partial charge is 0.238 e. The predicted molar refractivity (Wildman–Crippen MR) is 75.8 cm³/mol. The highest BCUT2D eigenvalue weighted by molar-refractivity contribution is 5.92. The van der Waals surface area contributed by atoms with Gasteiger partial charge in [0.15, 0.2) is 0 Å². The normalized spacial score (nSPS) is 10.4. The lowest BCUT2D eigenvalue weighted by molar-refractivity contribution is -0.115. The molecule has 0 saturated carbocycles. The van der Waals surface area contributed by atoms with E-state index in [0.29, 0.717) is 6.54 Å². The molecule has 0 radical (unpaired) electrons. The van der Waals surface area contributed by atoms with Gasteiger partial charge in [-0.15, -0.1) is 0 Å². The summed E-state index contributed by atoms with van der Waals surface area (Å²) in [5, 5.41) is 5.12. The van der Waals surface area contributed by atoms with Crippen LogP contribution in [-0.4, -0.2) is 24.0 Å². The molecule has 1 amide bonds. The maximum Gasteiger partial charge on any atom is 0.238 e. The number of aromatic nitrogens is 1. The van der Waals surface area contributed by atoms with E-state index in [1.807, 2.05) is 12.1 Å². The fourth-order valence-electron chi connectivity index (χ4n) is 1.78. The average Bonchev–Trinajstić information content (AvgIpc) is 2.49. The molecule has 0 spiro atoms. The fraction of sp³-hybridized carbons (Fsp3) is 0.200. The summed E-state index contributed by atoms with van der Waals surface area (Å²) in [5.41, 5.74) is 0.627. The van der Waals surface area contributed by atoms with Gasteiger partial charge >= 0.3 is 0 Å². The molecule has 1 heterocycles. The lowest BCUT2D eigenvalue weighted by Crippen LogP contribution is -2.30. The summed E-state index contributed by atoms with van der Waals surface area (Å²) in [6.45, 7) is 0.549. The van der Waals surface area contributed by atoms with Crippen LogP contribution in [0.15, 0.2) is 42.7 Å². The number of carbonyl (C=O) groups excluding carboxylic acids is 1. The van der Waals surface area contributed by atoms with E-state index in [1.165, 1.54) is 6.07 Å². The van der Waals surface area contributed by atoms with E-state index in [9.17, 15) is 13.6 Å². The zero-order valence-electron chi connectivity index (χ0n) is 11.3. The highest BCUT2D eigenvalue weighted by atomic mass is 19.1. The van der Waals surface area contributed by atoms with Crippen molar-refractivity contribution in [2.45, 2.75) is 6.42 Å². The Kier molecular flexibility index (Phi) is 5.34. The summed E-state index contributed by atoms with van der Waals surface area (Å²) in [6.07, 6.45) is 4.15. The third kappa shape index (κ3) is 4.61. The van der Waals surface area contributed by atoms with E-state index in [4.69, 9.17) is 0 Å². The molecule has 0 aliphatic carbocycles. The Morgan fingerprint density at radius 3 is 2.57 bits per heavy atom. The molecule has 0 aliphatic heterocycles. The number of nitrogens with zero attached hydrogens (tertiary/aromatic N) is 1. The number of nitrogens with one attached hydrogen (secondary N) is 2. The summed E-state index contributed by atoms with van der Waals surface area (Å²) in [6, 6.07) is 7.20. The van der Waals surface area contributed by atoms with Crippen LogP contribution in [0.2, 0.25) is 0 Å². The molecule has 0 saturated heterocycles. The number of rotatable bonds is 6. The van der Waals surface area contributed by atoms with Crippen LogP contribution in [0.3, 0.4) is 0 Å². The summed E-state index contributed by atoms with van der Waals surface area (Å²) in [7, 11) is 0. The van der Waals surface area contributed by atoms with E-state index >= 15 is 0 Å². The average molecular weight is 291 g/mol. The van der Waals surface area contributed by atoms with Crippen molar-refractivity contribution in [2.75, 3.05) is 18.4 Å². The molecule has 4 nitrogen and oxygen atoms in total. The summed E-state index contributed by atoms with van der Waals surface area (Å²) in [4.78, 5) is 15.6. The highest BCUT2D eigenvalue weighted by Gasteiger charge is 2.11. The van der Waals surface area contributed by atoms with Gasteiger partial charge < -0.3 is 10.6 Å². The number of pyridine rings is 1. The molecule has 0 aliphatic rings. The Balaban J connectivity index is 1.75. The van der Waals surface area contributed by atoms with E-state index in [-0.39, 0.29) is 6.54 Å². The van der Waals surface area contributed by atoms with Crippen LogP contribution in [0.4, 0.5) is 14.5 Å². The van der Waals surface area contributed by atoms with Crippen molar-refractivity contribution in [1.29, 1.82) is 0 Å². The molecule has 6 heteroatoms. The van der Waals surface area contributed by atoms with Crippen molar-refractivity contribution < 1.29 is 13.6 Å². The van der Waals surface area contributed by atoms with Crippen LogP contribution in [0, 0.1) is 11.6 Å². The molecule has 2 rings (SSSR count). The maximum absolute atomic E-state index is 13.3. The van der Waals surface area contributed by atoms with Gasteiger partial charge in [0.25, 0.3) is 0 Å². The first-order valence-electron chi connectivity index (χ1n) is 6.50. The van der Waals surface area contributed by atoms with Gasteiger partial charge in [-0.05, 0) is 36.7 Å². The summed E-state index contributed by atoms with van der Waals surface area (Å²) >= 11 is 0. The largest absolute Gasteiger partial charge is 0.320 e. The summed E-state index contributed by atoms with van der Waals surface area (Å²) in [5.74, 6) is -2.08. The van der Waals surface area contributed by atoms with Gasteiger partial charge in [0.05, 0.1) is 6.54 Å². The van der Waals surface area contributed by atoms with Crippen LogP contribution in [0.5, 0.6) is 0 Å². The van der Waals surface area contributed by atoms with Crippen molar-refractivity contribution in [1.82, 2.24) is 10.3 Å². The molecular formula is C15H15F2N3O. The van der Waals surface area contributed by atoms with Crippen molar-refractivity contribution >= 4 is 11.6 Å². The van der Waals surface area contributed by atoms with Gasteiger partial charge in [0, 0.05) is 12.4 Å². The molecule has 0 fully saturated rings. The number of benzene rings is 1. The van der Waals surface area contributed by atoms with Gasteiger partial charge in [-0.3, -0.25) is 9.78 Å². The van der Waals surface area contributed by atoms with E-state index < -0.39 is 23.2 Å². The molecule has 1 aromatic heterocycles. The minimum absolute atomic E-state index is 0.0198. The first kappa shape index (κ1) is 15.1. The standard InChI is InChI=1S/C15H15F2N3O/c16-12-4-1-5-13(17)15(12)20-14(21)10-19-8-6-11-3-2-7-18-9-11/h1-5,7,9,19H,6,8,10H2,(H,20,21). The Hall–Kier alpha value is -2.34. The second kappa shape index (κ2) is 7.44. The lowest BCUT2D eigenvalue weighted by atomic mass is 10.2. The van der Waals surface area contributed by atoms with Crippen LogP contribution >= 0.6 is 0 Å². The summed E-state index contributed by atoms with van der Waals surface area (Å²) < 4.78 is 26.7. The lowest BCUT2D eigenvalue weighted by Gasteiger charge is -2.08. The Morgan fingerprint density at radius 2 is 1.90 bits per heavy atom. The van der Waals surface area contributed by atoms with E-state index in [0.717, 1.165) is 24.1 Å².